The van der Waals surface area contributed by atoms with Crippen LogP contribution < -0.4 is 9.46 Å². The predicted octanol–water partition coefficient (Wildman–Crippen LogP) is 4.67. The fraction of sp³-hybridized carbons (Fsp3) is 0.0769. The van der Waals surface area contributed by atoms with E-state index in [0.717, 1.165) is 0 Å². The molecule has 0 unspecified atom stereocenters. The van der Waals surface area contributed by atoms with Gasteiger partial charge in [-0.2, -0.15) is 0 Å². The summed E-state index contributed by atoms with van der Waals surface area (Å²) in [6.07, 6.45) is 0. The van der Waals surface area contributed by atoms with Gasteiger partial charge in [0.05, 0.1) is 22.7 Å². The Labute approximate surface area is 144 Å². The Bertz CT molecular complexity index is 781. The number of methoxy groups -OCH3 is 1. The van der Waals surface area contributed by atoms with Gasteiger partial charge in [0, 0.05) is 15.0 Å². The topological polar surface area (TPSA) is 55.4 Å². The molecule has 0 heterocycles. The van der Waals surface area contributed by atoms with Crippen molar-refractivity contribution in [2.75, 3.05) is 11.8 Å². The van der Waals surface area contributed by atoms with Crippen LogP contribution in [0.3, 0.4) is 0 Å². The Morgan fingerprint density at radius 2 is 1.81 bits per heavy atom. The van der Waals surface area contributed by atoms with Gasteiger partial charge in [0.25, 0.3) is 10.0 Å². The largest absolute Gasteiger partial charge is 0.497 e. The summed E-state index contributed by atoms with van der Waals surface area (Å²) in [6.45, 7) is 0. The average molecular weight is 456 g/mol. The Morgan fingerprint density at radius 1 is 1.10 bits per heavy atom. The van der Waals surface area contributed by atoms with Crippen LogP contribution in [0, 0.1) is 0 Å². The fourth-order valence-electron chi connectivity index (χ4n) is 1.56. The van der Waals surface area contributed by atoms with E-state index in [1.807, 2.05) is 0 Å². The molecule has 21 heavy (non-hydrogen) atoms. The van der Waals surface area contributed by atoms with Crippen LogP contribution in [0.4, 0.5) is 5.69 Å². The lowest BCUT2D eigenvalue weighted by molar-refractivity contribution is 0.415. The van der Waals surface area contributed by atoms with Gasteiger partial charge < -0.3 is 4.74 Å². The number of hydrogen-bond donors (Lipinski definition) is 1. The third kappa shape index (κ3) is 3.91. The molecule has 0 radical (unpaired) electrons. The van der Waals surface area contributed by atoms with Gasteiger partial charge >= 0.3 is 0 Å². The van der Waals surface area contributed by atoms with Crippen molar-refractivity contribution in [2.45, 2.75) is 4.90 Å². The summed E-state index contributed by atoms with van der Waals surface area (Å²) in [5.74, 6) is 0.549. The van der Waals surface area contributed by atoms with Crippen molar-refractivity contribution >= 4 is 59.2 Å². The minimum atomic E-state index is -3.72. The lowest BCUT2D eigenvalue weighted by Crippen LogP contribution is -2.13. The zero-order valence-electron chi connectivity index (χ0n) is 10.7. The Balaban J connectivity index is 2.39. The molecular formula is C13H10Br2ClNO3S. The van der Waals surface area contributed by atoms with Crippen LogP contribution in [-0.4, -0.2) is 15.5 Å². The van der Waals surface area contributed by atoms with Crippen LogP contribution >= 0.6 is 43.5 Å². The van der Waals surface area contributed by atoms with Crippen molar-refractivity contribution in [1.82, 2.24) is 0 Å². The summed E-state index contributed by atoms with van der Waals surface area (Å²) in [7, 11) is -2.21. The number of hydrogen-bond acceptors (Lipinski definition) is 3. The van der Waals surface area contributed by atoms with Crippen molar-refractivity contribution in [3.8, 4) is 5.75 Å². The van der Waals surface area contributed by atoms with Crippen LogP contribution in [0.1, 0.15) is 0 Å². The van der Waals surface area contributed by atoms with E-state index in [4.69, 9.17) is 16.3 Å². The van der Waals surface area contributed by atoms with E-state index < -0.39 is 10.0 Å². The Morgan fingerprint density at radius 3 is 2.43 bits per heavy atom. The first-order valence-electron chi connectivity index (χ1n) is 5.65. The zero-order chi connectivity index (χ0) is 15.6. The molecule has 0 fully saturated rings. The summed E-state index contributed by atoms with van der Waals surface area (Å²) in [6, 6.07) is 9.41. The third-order valence-corrected chi connectivity index (χ3v) is 5.89. The SMILES string of the molecule is COc1ccc(Br)c(NS(=O)(=O)c2ccc(Cl)c(Br)c2)c1. The summed E-state index contributed by atoms with van der Waals surface area (Å²) in [4.78, 5) is 0.105. The van der Waals surface area contributed by atoms with Crippen molar-refractivity contribution < 1.29 is 13.2 Å². The first-order chi connectivity index (χ1) is 9.83. The van der Waals surface area contributed by atoms with Crippen LogP contribution in [0.15, 0.2) is 50.2 Å². The highest BCUT2D eigenvalue weighted by Gasteiger charge is 2.17. The second kappa shape index (κ2) is 6.56. The normalized spacial score (nSPS) is 11.2. The molecule has 2 aromatic rings. The molecule has 0 saturated heterocycles. The highest BCUT2D eigenvalue weighted by atomic mass is 79.9. The summed E-state index contributed by atoms with van der Waals surface area (Å²) in [5, 5.41) is 0.441. The average Bonchev–Trinajstić information content (AvgIpc) is 2.44. The molecule has 0 atom stereocenters. The van der Waals surface area contributed by atoms with Gasteiger partial charge in [-0.05, 0) is 62.2 Å². The lowest BCUT2D eigenvalue weighted by atomic mass is 10.3. The highest BCUT2D eigenvalue weighted by molar-refractivity contribution is 9.11. The molecule has 1 N–H and O–H groups in total. The van der Waals surface area contributed by atoms with E-state index >= 15 is 0 Å². The quantitative estimate of drug-likeness (QED) is 0.729. The predicted molar refractivity (Wildman–Crippen MR) is 90.7 cm³/mol. The molecular weight excluding hydrogens is 445 g/mol. The molecule has 0 saturated carbocycles. The van der Waals surface area contributed by atoms with Gasteiger partial charge in [0.15, 0.2) is 0 Å². The van der Waals surface area contributed by atoms with E-state index in [1.165, 1.54) is 25.3 Å². The first kappa shape index (κ1) is 16.6. The van der Waals surface area contributed by atoms with Crippen molar-refractivity contribution in [3.63, 3.8) is 0 Å². The summed E-state index contributed by atoms with van der Waals surface area (Å²) < 4.78 is 33.5. The maximum absolute atomic E-state index is 12.4. The van der Waals surface area contributed by atoms with Gasteiger partial charge in [-0.15, -0.1) is 0 Å². The zero-order valence-corrected chi connectivity index (χ0v) is 15.5. The van der Waals surface area contributed by atoms with E-state index in [1.54, 1.807) is 18.2 Å². The van der Waals surface area contributed by atoms with Gasteiger partial charge in [0.1, 0.15) is 5.75 Å². The van der Waals surface area contributed by atoms with E-state index in [2.05, 4.69) is 36.6 Å². The minimum Gasteiger partial charge on any atom is -0.497 e. The lowest BCUT2D eigenvalue weighted by Gasteiger charge is -2.11. The van der Waals surface area contributed by atoms with Gasteiger partial charge in [-0.1, -0.05) is 11.6 Å². The number of anilines is 1. The smallest absolute Gasteiger partial charge is 0.261 e. The van der Waals surface area contributed by atoms with Crippen molar-refractivity contribution in [1.29, 1.82) is 0 Å². The molecule has 2 aromatic carbocycles. The molecule has 0 aliphatic rings. The molecule has 4 nitrogen and oxygen atoms in total. The number of sulfonamides is 1. The minimum absolute atomic E-state index is 0.105. The fourth-order valence-corrected chi connectivity index (χ4v) is 3.78. The molecule has 0 amide bonds. The number of halogens is 3. The molecule has 2 rings (SSSR count). The number of rotatable bonds is 4. The molecule has 112 valence electrons. The van der Waals surface area contributed by atoms with Gasteiger partial charge in [-0.25, -0.2) is 8.42 Å². The third-order valence-electron chi connectivity index (χ3n) is 2.62. The maximum atomic E-state index is 12.4. The van der Waals surface area contributed by atoms with E-state index in [-0.39, 0.29) is 4.90 Å². The molecule has 8 heteroatoms. The van der Waals surface area contributed by atoms with E-state index in [9.17, 15) is 8.42 Å². The van der Waals surface area contributed by atoms with Crippen molar-refractivity contribution in [2.24, 2.45) is 0 Å². The monoisotopic (exact) mass is 453 g/mol. The van der Waals surface area contributed by atoms with Gasteiger partial charge in [0.2, 0.25) is 0 Å². The molecule has 0 aromatic heterocycles. The van der Waals surface area contributed by atoms with Crippen LogP contribution in [-0.2, 0) is 10.0 Å². The summed E-state index contributed by atoms with van der Waals surface area (Å²) in [5.41, 5.74) is 0.389. The second-order valence-corrected chi connectivity index (χ2v) is 7.83. The van der Waals surface area contributed by atoms with Crippen LogP contribution in [0.5, 0.6) is 5.75 Å². The van der Waals surface area contributed by atoms with Crippen LogP contribution in [0.25, 0.3) is 0 Å². The van der Waals surface area contributed by atoms with Crippen LogP contribution in [0.2, 0.25) is 5.02 Å². The molecule has 0 aliphatic heterocycles. The molecule has 0 aliphatic carbocycles. The number of ether oxygens (including phenoxy) is 1. The number of benzene rings is 2. The van der Waals surface area contributed by atoms with Gasteiger partial charge in [-0.3, -0.25) is 4.72 Å². The van der Waals surface area contributed by atoms with E-state index in [0.29, 0.717) is 25.4 Å². The molecule has 0 bridgehead atoms. The standard InChI is InChI=1S/C13H10Br2ClNO3S/c1-20-8-2-4-10(14)13(6-8)17-21(18,19)9-3-5-12(16)11(15)7-9/h2-7,17H,1H3. The van der Waals surface area contributed by atoms with Crippen molar-refractivity contribution in [3.05, 3.63) is 50.4 Å². The highest BCUT2D eigenvalue weighted by Crippen LogP contribution is 2.30. The maximum Gasteiger partial charge on any atom is 0.261 e. The number of nitrogens with one attached hydrogen (secondary N) is 1. The summed E-state index contributed by atoms with van der Waals surface area (Å²) >= 11 is 12.4. The second-order valence-electron chi connectivity index (χ2n) is 4.03. The molecule has 0 spiro atoms. The Hall–Kier alpha value is -0.760. The Kier molecular flexibility index (Phi) is 5.19. The first-order valence-corrected chi connectivity index (χ1v) is 9.09.